The summed E-state index contributed by atoms with van der Waals surface area (Å²) in [6.45, 7) is 7.71. The molecule has 0 aromatic carbocycles. The second-order valence-corrected chi connectivity index (χ2v) is 6.18. The second kappa shape index (κ2) is 8.57. The highest BCUT2D eigenvalue weighted by atomic mass is 16.2. The zero-order chi connectivity index (χ0) is 18.4. The van der Waals surface area contributed by atoms with Gasteiger partial charge in [0.15, 0.2) is 0 Å². The lowest BCUT2D eigenvalue weighted by atomic mass is 10.1. The van der Waals surface area contributed by atoms with Gasteiger partial charge in [0.2, 0.25) is 5.91 Å². The number of H-pyrrole nitrogens is 1. The first-order valence-electron chi connectivity index (χ1n) is 8.43. The van der Waals surface area contributed by atoms with Crippen LogP contribution in [0.15, 0.2) is 28.8 Å². The first kappa shape index (κ1) is 18.9. The molecule has 1 aliphatic heterocycles. The Morgan fingerprint density at radius 1 is 1.48 bits per heavy atom. The van der Waals surface area contributed by atoms with Gasteiger partial charge in [0.1, 0.15) is 5.69 Å². The van der Waals surface area contributed by atoms with Crippen LogP contribution in [0.3, 0.4) is 0 Å². The Balaban J connectivity index is 2.06. The van der Waals surface area contributed by atoms with Gasteiger partial charge in [-0.3, -0.25) is 19.3 Å². The molecule has 0 spiro atoms. The Kier molecular flexibility index (Phi) is 6.46. The Hall–Kier alpha value is -2.48. The molecule has 0 bridgehead atoms. The van der Waals surface area contributed by atoms with Crippen LogP contribution in [0.2, 0.25) is 0 Å². The summed E-state index contributed by atoms with van der Waals surface area (Å²) in [5.41, 5.74) is 0.961. The van der Waals surface area contributed by atoms with Crippen molar-refractivity contribution in [2.75, 3.05) is 19.6 Å². The molecule has 0 unspecified atom stereocenters. The minimum absolute atomic E-state index is 0.0229. The van der Waals surface area contributed by atoms with Gasteiger partial charge in [0.05, 0.1) is 12.2 Å². The predicted octanol–water partition coefficient (Wildman–Crippen LogP) is 0.0449. The molecule has 136 valence electrons. The molecule has 8 heteroatoms. The van der Waals surface area contributed by atoms with Crippen molar-refractivity contribution in [3.63, 3.8) is 0 Å². The molecule has 0 aliphatic carbocycles. The highest BCUT2D eigenvalue weighted by Crippen LogP contribution is 2.20. The fraction of sp³-hybridized carbons (Fsp3) is 0.529. The first-order valence-corrected chi connectivity index (χ1v) is 8.43. The Labute approximate surface area is 146 Å². The zero-order valence-electron chi connectivity index (χ0n) is 14.8. The SMILES string of the molecule is CC=C(C)CN1C[C@H](NC(=O)c2c[nH]c(=O)cn2)C[C@H]1C(=O)NCC. The molecule has 2 rings (SSSR count). The van der Waals surface area contributed by atoms with Crippen molar-refractivity contribution >= 4 is 11.8 Å². The van der Waals surface area contributed by atoms with Crippen LogP contribution in [0.25, 0.3) is 0 Å². The summed E-state index contributed by atoms with van der Waals surface area (Å²) in [5.74, 6) is -0.383. The third-order valence-corrected chi connectivity index (χ3v) is 4.24. The number of aromatic amines is 1. The van der Waals surface area contributed by atoms with E-state index in [0.29, 0.717) is 26.1 Å². The minimum Gasteiger partial charge on any atom is -0.355 e. The summed E-state index contributed by atoms with van der Waals surface area (Å²) in [5, 5.41) is 5.75. The van der Waals surface area contributed by atoms with Crippen LogP contribution in [-0.4, -0.2) is 58.4 Å². The van der Waals surface area contributed by atoms with Gasteiger partial charge in [-0.1, -0.05) is 11.6 Å². The van der Waals surface area contributed by atoms with Crippen molar-refractivity contribution in [2.45, 2.75) is 39.3 Å². The van der Waals surface area contributed by atoms with Crippen LogP contribution in [0.5, 0.6) is 0 Å². The van der Waals surface area contributed by atoms with Gasteiger partial charge < -0.3 is 15.6 Å². The lowest BCUT2D eigenvalue weighted by Crippen LogP contribution is -2.43. The van der Waals surface area contributed by atoms with Gasteiger partial charge in [-0.2, -0.15) is 0 Å². The van der Waals surface area contributed by atoms with Crippen molar-refractivity contribution in [1.29, 1.82) is 0 Å². The molecule has 1 fully saturated rings. The molecule has 8 nitrogen and oxygen atoms in total. The topological polar surface area (TPSA) is 107 Å². The number of rotatable bonds is 6. The molecule has 1 aliphatic rings. The van der Waals surface area contributed by atoms with E-state index in [0.717, 1.165) is 6.20 Å². The number of nitrogens with zero attached hydrogens (tertiary/aromatic N) is 2. The maximum Gasteiger partial charge on any atom is 0.271 e. The highest BCUT2D eigenvalue weighted by Gasteiger charge is 2.37. The summed E-state index contributed by atoms with van der Waals surface area (Å²) in [7, 11) is 0. The predicted molar refractivity (Wildman–Crippen MR) is 94.2 cm³/mol. The number of aromatic nitrogens is 2. The summed E-state index contributed by atoms with van der Waals surface area (Å²) in [6.07, 6.45) is 4.92. The molecule has 2 atom stereocenters. The number of hydrogen-bond donors (Lipinski definition) is 3. The normalized spacial score (nSPS) is 21.2. The molecular weight excluding hydrogens is 322 g/mol. The van der Waals surface area contributed by atoms with Crippen molar-refractivity contribution in [3.05, 3.63) is 40.1 Å². The average molecular weight is 347 g/mol. The smallest absolute Gasteiger partial charge is 0.271 e. The fourth-order valence-electron chi connectivity index (χ4n) is 2.88. The molecule has 2 amide bonds. The van der Waals surface area contributed by atoms with Gasteiger partial charge in [-0.05, 0) is 27.2 Å². The van der Waals surface area contributed by atoms with E-state index in [1.165, 1.54) is 11.8 Å². The van der Waals surface area contributed by atoms with E-state index in [2.05, 4.69) is 25.5 Å². The van der Waals surface area contributed by atoms with Crippen LogP contribution in [0, 0.1) is 0 Å². The Morgan fingerprint density at radius 3 is 2.84 bits per heavy atom. The van der Waals surface area contributed by atoms with Gasteiger partial charge in [-0.25, -0.2) is 4.98 Å². The van der Waals surface area contributed by atoms with E-state index in [1.807, 2.05) is 26.8 Å². The fourth-order valence-corrected chi connectivity index (χ4v) is 2.88. The zero-order valence-corrected chi connectivity index (χ0v) is 14.8. The van der Waals surface area contributed by atoms with Crippen molar-refractivity contribution in [2.24, 2.45) is 0 Å². The van der Waals surface area contributed by atoms with E-state index < -0.39 is 0 Å². The summed E-state index contributed by atoms with van der Waals surface area (Å²) in [6, 6.07) is -0.429. The number of amides is 2. The number of carbonyl (C=O) groups excluding carboxylic acids is 2. The standard InChI is InChI=1S/C17H25N5O3/c1-4-11(3)9-22-10-12(6-14(22)17(25)18-5-2)21-16(24)13-7-20-15(23)8-19-13/h4,7-8,12,14H,5-6,9-10H2,1-3H3,(H,18,25)(H,20,23)(H,21,24)/t12-,14+/m1/s1. The van der Waals surface area contributed by atoms with Gasteiger partial charge in [0.25, 0.3) is 11.5 Å². The van der Waals surface area contributed by atoms with Gasteiger partial charge in [0, 0.05) is 31.9 Å². The Bertz CT molecular complexity index is 692. The molecule has 1 aromatic rings. The van der Waals surface area contributed by atoms with Crippen molar-refractivity contribution < 1.29 is 9.59 Å². The maximum absolute atomic E-state index is 12.3. The molecule has 0 saturated carbocycles. The van der Waals surface area contributed by atoms with E-state index in [-0.39, 0.29) is 35.2 Å². The van der Waals surface area contributed by atoms with Crippen molar-refractivity contribution in [3.8, 4) is 0 Å². The summed E-state index contributed by atoms with van der Waals surface area (Å²) < 4.78 is 0. The quantitative estimate of drug-likeness (QED) is 0.630. The lowest BCUT2D eigenvalue weighted by Gasteiger charge is -2.23. The maximum atomic E-state index is 12.3. The van der Waals surface area contributed by atoms with Crippen molar-refractivity contribution in [1.82, 2.24) is 25.5 Å². The number of carbonyl (C=O) groups is 2. The molecule has 0 radical (unpaired) electrons. The lowest BCUT2D eigenvalue weighted by molar-refractivity contribution is -0.125. The largest absolute Gasteiger partial charge is 0.355 e. The molecule has 1 saturated heterocycles. The summed E-state index contributed by atoms with van der Waals surface area (Å²) in [4.78, 5) is 44.0. The van der Waals surface area contributed by atoms with Crippen LogP contribution in [0.1, 0.15) is 37.7 Å². The molecule has 3 N–H and O–H groups in total. The number of likely N-dealkylation sites (N-methyl/N-ethyl adjacent to an activating group) is 1. The Morgan fingerprint density at radius 2 is 2.24 bits per heavy atom. The van der Waals surface area contributed by atoms with E-state index in [4.69, 9.17) is 0 Å². The number of allylic oxidation sites excluding steroid dienone is 1. The second-order valence-electron chi connectivity index (χ2n) is 6.18. The third kappa shape index (κ3) is 4.99. The number of likely N-dealkylation sites (tertiary alicyclic amines) is 1. The van der Waals surface area contributed by atoms with Gasteiger partial charge in [-0.15, -0.1) is 0 Å². The minimum atomic E-state index is -0.361. The van der Waals surface area contributed by atoms with E-state index in [9.17, 15) is 14.4 Å². The monoisotopic (exact) mass is 347 g/mol. The van der Waals surface area contributed by atoms with Crippen LogP contribution >= 0.6 is 0 Å². The number of hydrogen-bond acceptors (Lipinski definition) is 5. The van der Waals surface area contributed by atoms with Crippen LogP contribution < -0.4 is 16.2 Å². The van der Waals surface area contributed by atoms with E-state index in [1.54, 1.807) is 0 Å². The first-order chi connectivity index (χ1) is 11.9. The average Bonchev–Trinajstić information content (AvgIpc) is 2.97. The molecular formula is C17H25N5O3. The van der Waals surface area contributed by atoms with Gasteiger partial charge >= 0.3 is 0 Å². The summed E-state index contributed by atoms with van der Waals surface area (Å²) >= 11 is 0. The molecule has 1 aromatic heterocycles. The third-order valence-electron chi connectivity index (χ3n) is 4.24. The van der Waals surface area contributed by atoms with Crippen LogP contribution in [-0.2, 0) is 4.79 Å². The molecule has 2 heterocycles. The molecule has 25 heavy (non-hydrogen) atoms. The van der Waals surface area contributed by atoms with E-state index >= 15 is 0 Å². The highest BCUT2D eigenvalue weighted by molar-refractivity contribution is 5.92. The number of nitrogens with one attached hydrogen (secondary N) is 3. The van der Waals surface area contributed by atoms with Crippen LogP contribution in [0.4, 0.5) is 0 Å².